The monoisotopic (exact) mass is 391 g/mol. The van der Waals surface area contributed by atoms with Crippen molar-refractivity contribution >= 4 is 22.8 Å². The Labute approximate surface area is 162 Å². The normalized spacial score (nSPS) is 10.6. The summed E-state index contributed by atoms with van der Waals surface area (Å²) in [5.41, 5.74) is 0.643. The first-order valence-electron chi connectivity index (χ1n) is 8.95. The minimum absolute atomic E-state index is 0.0932. The van der Waals surface area contributed by atoms with Crippen LogP contribution in [0.3, 0.4) is 0 Å². The number of benzene rings is 1. The summed E-state index contributed by atoms with van der Waals surface area (Å²) >= 11 is 0. The lowest BCUT2D eigenvalue weighted by molar-refractivity contribution is -0.143. The molecule has 1 amide bonds. The smallest absolute Gasteiger partial charge is 0.305 e. The highest BCUT2D eigenvalue weighted by Crippen LogP contribution is 2.35. The number of carbonyl (C=O) groups excluding carboxylic acids is 2. The van der Waals surface area contributed by atoms with Gasteiger partial charge in [0.2, 0.25) is 5.91 Å². The van der Waals surface area contributed by atoms with E-state index < -0.39 is 0 Å². The third kappa shape index (κ3) is 4.79. The van der Waals surface area contributed by atoms with Gasteiger partial charge in [0.25, 0.3) is 5.56 Å². The molecule has 0 aliphatic rings. The second-order valence-electron chi connectivity index (χ2n) is 6.05. The van der Waals surface area contributed by atoms with Gasteiger partial charge in [-0.2, -0.15) is 0 Å². The molecule has 0 fully saturated rings. The average Bonchev–Trinajstić information content (AvgIpc) is 2.67. The van der Waals surface area contributed by atoms with Crippen molar-refractivity contribution in [1.29, 1.82) is 0 Å². The maximum Gasteiger partial charge on any atom is 0.305 e. The zero-order valence-electron chi connectivity index (χ0n) is 16.5. The van der Waals surface area contributed by atoms with Gasteiger partial charge >= 0.3 is 5.97 Å². The number of nitrogens with one attached hydrogen (secondary N) is 1. The summed E-state index contributed by atoms with van der Waals surface area (Å²) < 4.78 is 17.1. The number of aryl methyl sites for hydroxylation is 1. The summed E-state index contributed by atoms with van der Waals surface area (Å²) in [7, 11) is 2.96. The van der Waals surface area contributed by atoms with Crippen LogP contribution in [0.1, 0.15) is 32.3 Å². The number of carbonyl (C=O) groups is 2. The molecule has 2 aromatic rings. The van der Waals surface area contributed by atoms with Crippen LogP contribution in [0.5, 0.6) is 11.5 Å². The fourth-order valence-electron chi connectivity index (χ4n) is 2.89. The molecular weight excluding hydrogens is 366 g/mol. The largest absolute Gasteiger partial charge is 0.493 e. The van der Waals surface area contributed by atoms with Gasteiger partial charge in [0.1, 0.15) is 0 Å². The van der Waals surface area contributed by atoms with Gasteiger partial charge in [-0.05, 0) is 13.3 Å². The molecular formula is C19H25N3O6. The summed E-state index contributed by atoms with van der Waals surface area (Å²) in [5.74, 6) is 0.243. The van der Waals surface area contributed by atoms with Crippen molar-refractivity contribution in [1.82, 2.24) is 14.9 Å². The zero-order valence-corrected chi connectivity index (χ0v) is 16.5. The third-order valence-corrected chi connectivity index (χ3v) is 4.16. The van der Waals surface area contributed by atoms with Gasteiger partial charge in [-0.15, -0.1) is 0 Å². The number of rotatable bonds is 9. The fraction of sp³-hybridized carbons (Fsp3) is 0.474. The predicted molar refractivity (Wildman–Crippen MR) is 102 cm³/mol. The maximum absolute atomic E-state index is 13.1. The second-order valence-corrected chi connectivity index (χ2v) is 6.05. The third-order valence-electron chi connectivity index (χ3n) is 4.16. The molecule has 1 N–H and O–H groups in total. The van der Waals surface area contributed by atoms with E-state index in [-0.39, 0.29) is 30.4 Å². The number of nitrogens with zero attached hydrogens (tertiary/aromatic N) is 2. The van der Waals surface area contributed by atoms with Gasteiger partial charge in [0.15, 0.2) is 11.5 Å². The maximum atomic E-state index is 13.1. The SMILES string of the molecule is CCOC(=O)CCCn1cnc2cc(OC)c(OC)c(CNC(C)=O)c2c1=O. The van der Waals surface area contributed by atoms with Crippen molar-refractivity contribution in [2.45, 2.75) is 39.8 Å². The number of aromatic nitrogens is 2. The van der Waals surface area contributed by atoms with E-state index in [1.54, 1.807) is 13.0 Å². The Kier molecular flexibility index (Phi) is 7.36. The van der Waals surface area contributed by atoms with Crippen LogP contribution in [0.25, 0.3) is 10.9 Å². The van der Waals surface area contributed by atoms with Crippen molar-refractivity contribution < 1.29 is 23.8 Å². The average molecular weight is 391 g/mol. The van der Waals surface area contributed by atoms with Crippen LogP contribution in [-0.2, 0) is 27.4 Å². The van der Waals surface area contributed by atoms with E-state index in [0.717, 1.165) is 0 Å². The van der Waals surface area contributed by atoms with Gasteiger partial charge in [0, 0.05) is 38.1 Å². The first-order chi connectivity index (χ1) is 13.4. The summed E-state index contributed by atoms with van der Waals surface area (Å²) in [6, 6.07) is 1.62. The van der Waals surface area contributed by atoms with Gasteiger partial charge < -0.3 is 19.5 Å². The lowest BCUT2D eigenvalue weighted by Crippen LogP contribution is -2.25. The molecule has 0 saturated carbocycles. The standard InChI is InChI=1S/C19H25N3O6/c1-5-28-16(24)7-6-8-22-11-21-14-9-15(26-3)18(27-4)13(10-20-12(2)23)17(14)19(22)25/h9,11H,5-8,10H2,1-4H3,(H,20,23). The Morgan fingerprint density at radius 3 is 2.61 bits per heavy atom. The molecule has 2 rings (SSSR count). The number of esters is 1. The second kappa shape index (κ2) is 9.72. The zero-order chi connectivity index (χ0) is 20.7. The fourth-order valence-corrected chi connectivity index (χ4v) is 2.89. The molecule has 28 heavy (non-hydrogen) atoms. The van der Waals surface area contributed by atoms with E-state index in [2.05, 4.69) is 10.3 Å². The van der Waals surface area contributed by atoms with Gasteiger partial charge in [-0.3, -0.25) is 19.0 Å². The van der Waals surface area contributed by atoms with Gasteiger partial charge in [0.05, 0.1) is 38.1 Å². The Bertz CT molecular complexity index is 922. The topological polar surface area (TPSA) is 109 Å². The quantitative estimate of drug-likeness (QED) is 0.644. The van der Waals surface area contributed by atoms with Crippen LogP contribution >= 0.6 is 0 Å². The molecule has 0 unspecified atom stereocenters. The van der Waals surface area contributed by atoms with Crippen molar-refractivity contribution in [3.05, 3.63) is 28.3 Å². The summed E-state index contributed by atoms with van der Waals surface area (Å²) in [6.45, 7) is 3.86. The predicted octanol–water partition coefficient (Wildman–Crippen LogP) is 1.39. The highest BCUT2D eigenvalue weighted by Gasteiger charge is 2.19. The molecule has 1 aromatic heterocycles. The number of hydrogen-bond acceptors (Lipinski definition) is 7. The van der Waals surface area contributed by atoms with Crippen molar-refractivity contribution in [3.63, 3.8) is 0 Å². The highest BCUT2D eigenvalue weighted by molar-refractivity contribution is 5.87. The van der Waals surface area contributed by atoms with E-state index in [0.29, 0.717) is 47.5 Å². The van der Waals surface area contributed by atoms with Crippen LogP contribution in [0.2, 0.25) is 0 Å². The molecule has 0 radical (unpaired) electrons. The van der Waals surface area contributed by atoms with Crippen LogP contribution in [0, 0.1) is 0 Å². The number of amides is 1. The molecule has 0 bridgehead atoms. The van der Waals surface area contributed by atoms with E-state index in [4.69, 9.17) is 14.2 Å². The van der Waals surface area contributed by atoms with E-state index in [1.807, 2.05) is 0 Å². The number of fused-ring (bicyclic) bond motifs is 1. The van der Waals surface area contributed by atoms with Crippen LogP contribution < -0.4 is 20.3 Å². The van der Waals surface area contributed by atoms with E-state index in [9.17, 15) is 14.4 Å². The Morgan fingerprint density at radius 1 is 1.25 bits per heavy atom. The molecule has 9 nitrogen and oxygen atoms in total. The molecule has 0 aliphatic carbocycles. The first kappa shape index (κ1) is 21.2. The highest BCUT2D eigenvalue weighted by atomic mass is 16.5. The van der Waals surface area contributed by atoms with Crippen LogP contribution in [0.15, 0.2) is 17.2 Å². The summed E-state index contributed by atoms with van der Waals surface area (Å²) in [4.78, 5) is 40.3. The minimum atomic E-state index is -0.304. The van der Waals surface area contributed by atoms with Crippen LogP contribution in [0.4, 0.5) is 0 Å². The lowest BCUT2D eigenvalue weighted by atomic mass is 10.1. The van der Waals surface area contributed by atoms with Crippen molar-refractivity contribution in [3.8, 4) is 11.5 Å². The molecule has 0 spiro atoms. The Morgan fingerprint density at radius 2 is 2.00 bits per heavy atom. The molecule has 9 heteroatoms. The minimum Gasteiger partial charge on any atom is -0.493 e. The molecule has 1 heterocycles. The Balaban J connectivity index is 2.47. The summed E-state index contributed by atoms with van der Waals surface area (Å²) in [6.07, 6.45) is 2.09. The van der Waals surface area contributed by atoms with Gasteiger partial charge in [-0.1, -0.05) is 0 Å². The number of hydrogen-bond donors (Lipinski definition) is 1. The van der Waals surface area contributed by atoms with Crippen molar-refractivity contribution in [2.75, 3.05) is 20.8 Å². The van der Waals surface area contributed by atoms with Gasteiger partial charge in [-0.25, -0.2) is 4.98 Å². The molecule has 0 atom stereocenters. The lowest BCUT2D eigenvalue weighted by Gasteiger charge is -2.16. The molecule has 0 saturated heterocycles. The summed E-state index contributed by atoms with van der Waals surface area (Å²) in [5, 5.41) is 3.03. The number of methoxy groups -OCH3 is 2. The molecule has 152 valence electrons. The Hall–Kier alpha value is -3.10. The van der Waals surface area contributed by atoms with Crippen molar-refractivity contribution in [2.24, 2.45) is 0 Å². The van der Waals surface area contributed by atoms with E-state index in [1.165, 1.54) is 32.0 Å². The van der Waals surface area contributed by atoms with E-state index >= 15 is 0 Å². The molecule has 0 aliphatic heterocycles. The molecule has 1 aromatic carbocycles. The first-order valence-corrected chi connectivity index (χ1v) is 8.95. The number of ether oxygens (including phenoxy) is 3. The van der Waals surface area contributed by atoms with Crippen LogP contribution in [-0.4, -0.2) is 42.3 Å².